The minimum Gasteiger partial charge on any atom is -0.278 e. The molecule has 0 saturated carbocycles. The van der Waals surface area contributed by atoms with Crippen LogP contribution in [0.2, 0.25) is 0 Å². The molecule has 1 nitrogen and oxygen atoms in total. The summed E-state index contributed by atoms with van der Waals surface area (Å²) in [6.07, 6.45) is 7.76. The van der Waals surface area contributed by atoms with Crippen molar-refractivity contribution >= 4 is 16.8 Å². The highest BCUT2D eigenvalue weighted by atomic mass is 32.2. The molecule has 1 unspecified atom stereocenters. The molecular formula is C8H9NS. The maximum absolute atomic E-state index is 4.39. The zero-order chi connectivity index (χ0) is 6.81. The van der Waals surface area contributed by atoms with Gasteiger partial charge >= 0.3 is 0 Å². The minimum atomic E-state index is 0.601. The van der Waals surface area contributed by atoms with Gasteiger partial charge in [-0.1, -0.05) is 30.0 Å². The summed E-state index contributed by atoms with van der Waals surface area (Å²) in [5.74, 6) is 0.601. The lowest BCUT2D eigenvalue weighted by Crippen LogP contribution is -2.13. The number of nitrogens with zero attached hydrogens (tertiary/aromatic N) is 1. The van der Waals surface area contributed by atoms with Crippen molar-refractivity contribution < 1.29 is 0 Å². The summed E-state index contributed by atoms with van der Waals surface area (Å²) in [5.41, 5.74) is 0. The number of hydrogen-bond donors (Lipinski definition) is 0. The van der Waals surface area contributed by atoms with E-state index in [0.29, 0.717) is 5.92 Å². The summed E-state index contributed by atoms with van der Waals surface area (Å²) < 4.78 is 0. The first-order valence-electron chi connectivity index (χ1n) is 3.49. The molecule has 0 saturated heterocycles. The number of dihydropyridines is 1. The van der Waals surface area contributed by atoms with Gasteiger partial charge in [-0.05, 0) is 11.8 Å². The molecule has 10 heavy (non-hydrogen) atoms. The van der Waals surface area contributed by atoms with E-state index in [9.17, 15) is 0 Å². The number of fused-ring (bicyclic) bond motifs is 1. The van der Waals surface area contributed by atoms with E-state index in [4.69, 9.17) is 0 Å². The molecule has 2 aliphatic rings. The number of hydrogen-bond acceptors (Lipinski definition) is 2. The molecule has 0 bridgehead atoms. The first kappa shape index (κ1) is 6.23. The molecule has 0 aromatic rings. The summed E-state index contributed by atoms with van der Waals surface area (Å²) in [4.78, 5) is 4.39. The van der Waals surface area contributed by atoms with Crippen LogP contribution in [0.1, 0.15) is 6.42 Å². The summed E-state index contributed by atoms with van der Waals surface area (Å²) in [6.45, 7) is 0.882. The van der Waals surface area contributed by atoms with Gasteiger partial charge in [0, 0.05) is 5.92 Å². The van der Waals surface area contributed by atoms with Crippen molar-refractivity contribution in [2.24, 2.45) is 10.9 Å². The van der Waals surface area contributed by atoms with Gasteiger partial charge in [-0.25, -0.2) is 0 Å². The Hall–Kier alpha value is -0.500. The topological polar surface area (TPSA) is 12.4 Å². The van der Waals surface area contributed by atoms with Crippen LogP contribution in [0.25, 0.3) is 0 Å². The van der Waals surface area contributed by atoms with E-state index < -0.39 is 0 Å². The summed E-state index contributed by atoms with van der Waals surface area (Å²) >= 11 is 1.77. The largest absolute Gasteiger partial charge is 0.278 e. The van der Waals surface area contributed by atoms with Crippen LogP contribution in [0.5, 0.6) is 0 Å². The van der Waals surface area contributed by atoms with Crippen LogP contribution in [0.4, 0.5) is 0 Å². The van der Waals surface area contributed by atoms with Gasteiger partial charge in [-0.3, -0.25) is 4.99 Å². The maximum Gasteiger partial charge on any atom is 0.0793 e. The Kier molecular flexibility index (Phi) is 1.63. The average Bonchev–Trinajstić information content (AvgIpc) is 2.05. The first-order chi connectivity index (χ1) is 4.97. The van der Waals surface area contributed by atoms with Gasteiger partial charge in [0.05, 0.1) is 11.6 Å². The van der Waals surface area contributed by atoms with Crippen LogP contribution in [0, 0.1) is 5.92 Å². The maximum atomic E-state index is 4.39. The van der Waals surface area contributed by atoms with Gasteiger partial charge in [0.15, 0.2) is 0 Å². The molecule has 52 valence electrons. The van der Waals surface area contributed by atoms with Crippen molar-refractivity contribution in [3.63, 3.8) is 0 Å². The number of aliphatic imine (C=N–C) groups is 1. The van der Waals surface area contributed by atoms with E-state index in [1.54, 1.807) is 11.8 Å². The molecule has 0 spiro atoms. The van der Waals surface area contributed by atoms with Gasteiger partial charge in [-0.15, -0.1) is 0 Å². The lowest BCUT2D eigenvalue weighted by Gasteiger charge is -2.18. The molecule has 2 aliphatic heterocycles. The Morgan fingerprint density at radius 3 is 3.40 bits per heavy atom. The quantitative estimate of drug-likeness (QED) is 0.483. The fourth-order valence-electron chi connectivity index (χ4n) is 1.19. The monoisotopic (exact) mass is 151 g/mol. The Morgan fingerprint density at radius 1 is 1.50 bits per heavy atom. The lowest BCUT2D eigenvalue weighted by molar-refractivity contribution is 0.865. The van der Waals surface area contributed by atoms with Crippen molar-refractivity contribution in [3.05, 3.63) is 23.6 Å². The highest BCUT2D eigenvalue weighted by molar-refractivity contribution is 8.16. The van der Waals surface area contributed by atoms with Gasteiger partial charge in [0.25, 0.3) is 0 Å². The van der Waals surface area contributed by atoms with Crippen molar-refractivity contribution in [1.29, 1.82) is 0 Å². The molecule has 0 N–H and O–H groups in total. The number of rotatable bonds is 0. The van der Waals surface area contributed by atoms with Gasteiger partial charge < -0.3 is 0 Å². The zero-order valence-electron chi connectivity index (χ0n) is 5.66. The van der Waals surface area contributed by atoms with E-state index in [1.807, 2.05) is 0 Å². The normalized spacial score (nSPS) is 29.6. The summed E-state index contributed by atoms with van der Waals surface area (Å²) in [6, 6.07) is 0. The van der Waals surface area contributed by atoms with E-state index in [-0.39, 0.29) is 0 Å². The Bertz CT molecular complexity index is 215. The molecule has 1 atom stereocenters. The third-order valence-electron chi connectivity index (χ3n) is 1.71. The van der Waals surface area contributed by atoms with Gasteiger partial charge in [0.1, 0.15) is 0 Å². The van der Waals surface area contributed by atoms with Crippen LogP contribution in [0.15, 0.2) is 28.6 Å². The molecule has 2 rings (SSSR count). The van der Waals surface area contributed by atoms with Crippen molar-refractivity contribution in [1.82, 2.24) is 0 Å². The summed E-state index contributed by atoms with van der Waals surface area (Å²) in [5, 5.41) is 3.43. The second-order valence-electron chi connectivity index (χ2n) is 2.44. The van der Waals surface area contributed by atoms with Gasteiger partial charge in [0.2, 0.25) is 0 Å². The molecule has 0 fully saturated rings. The average molecular weight is 151 g/mol. The van der Waals surface area contributed by atoms with E-state index >= 15 is 0 Å². The fourth-order valence-corrected chi connectivity index (χ4v) is 2.04. The standard InChI is InChI=1S/C8H9NS/c1-3-7-4-2-6-10-8(7)9-5-1/h1-3,6-7H,4-5H2. The summed E-state index contributed by atoms with van der Waals surface area (Å²) in [7, 11) is 0. The molecule has 2 heteroatoms. The number of thioether (sulfide) groups is 1. The molecule has 0 aliphatic carbocycles. The van der Waals surface area contributed by atoms with Crippen LogP contribution in [-0.4, -0.2) is 11.6 Å². The molecular weight excluding hydrogens is 142 g/mol. The second kappa shape index (κ2) is 2.62. The Labute approximate surface area is 64.9 Å². The van der Waals surface area contributed by atoms with Crippen LogP contribution in [0.3, 0.4) is 0 Å². The molecule has 0 radical (unpaired) electrons. The Morgan fingerprint density at radius 2 is 2.50 bits per heavy atom. The van der Waals surface area contributed by atoms with Crippen LogP contribution < -0.4 is 0 Å². The van der Waals surface area contributed by atoms with E-state index in [1.165, 1.54) is 5.04 Å². The third kappa shape index (κ3) is 1.03. The van der Waals surface area contributed by atoms with E-state index in [2.05, 4.69) is 28.6 Å². The molecule has 2 heterocycles. The van der Waals surface area contributed by atoms with Crippen LogP contribution in [-0.2, 0) is 0 Å². The van der Waals surface area contributed by atoms with Crippen LogP contribution >= 0.6 is 11.8 Å². The third-order valence-corrected chi connectivity index (χ3v) is 2.72. The first-order valence-corrected chi connectivity index (χ1v) is 4.37. The zero-order valence-corrected chi connectivity index (χ0v) is 6.47. The van der Waals surface area contributed by atoms with Gasteiger partial charge in [-0.2, -0.15) is 0 Å². The Balaban J connectivity index is 2.23. The minimum absolute atomic E-state index is 0.601. The second-order valence-corrected chi connectivity index (χ2v) is 3.37. The molecule has 0 aromatic heterocycles. The highest BCUT2D eigenvalue weighted by Gasteiger charge is 2.16. The predicted octanol–water partition coefficient (Wildman–Crippen LogP) is 2.22. The van der Waals surface area contributed by atoms with Crippen molar-refractivity contribution in [2.75, 3.05) is 6.54 Å². The smallest absolute Gasteiger partial charge is 0.0793 e. The van der Waals surface area contributed by atoms with Crippen molar-refractivity contribution in [2.45, 2.75) is 6.42 Å². The number of allylic oxidation sites excluding steroid dienone is 2. The predicted molar refractivity (Wildman–Crippen MR) is 46.3 cm³/mol. The SMILES string of the molecule is C1=CC2CC=CSC2=NC1. The lowest BCUT2D eigenvalue weighted by atomic mass is 10.0. The van der Waals surface area contributed by atoms with E-state index in [0.717, 1.165) is 13.0 Å². The molecule has 0 aromatic carbocycles. The fraction of sp³-hybridized carbons (Fsp3) is 0.375. The van der Waals surface area contributed by atoms with Crippen molar-refractivity contribution in [3.8, 4) is 0 Å². The molecule has 0 amide bonds. The highest BCUT2D eigenvalue weighted by Crippen LogP contribution is 2.26.